The largest absolute Gasteiger partial charge is 0.494 e. The number of carbonyl (C=O) groups is 1. The van der Waals surface area contributed by atoms with E-state index in [2.05, 4.69) is 10.6 Å². The van der Waals surface area contributed by atoms with Gasteiger partial charge < -0.3 is 15.4 Å². The molecule has 0 aliphatic rings. The van der Waals surface area contributed by atoms with Gasteiger partial charge in [-0.05, 0) is 58.5 Å². The van der Waals surface area contributed by atoms with Crippen molar-refractivity contribution in [3.8, 4) is 5.75 Å². The van der Waals surface area contributed by atoms with Crippen molar-refractivity contribution in [1.82, 2.24) is 10.6 Å². The van der Waals surface area contributed by atoms with Crippen LogP contribution in [0.5, 0.6) is 5.75 Å². The number of thiocarbonyl (C=S) groups is 1. The first kappa shape index (κ1) is 17.4. The topological polar surface area (TPSA) is 50.4 Å². The third-order valence-electron chi connectivity index (χ3n) is 2.58. The number of aryl methyl sites for hydroxylation is 1. The Labute approximate surface area is 132 Å². The molecule has 116 valence electrons. The van der Waals surface area contributed by atoms with Gasteiger partial charge in [0.2, 0.25) is 5.91 Å². The minimum Gasteiger partial charge on any atom is -0.494 e. The summed E-state index contributed by atoms with van der Waals surface area (Å²) in [6.07, 6.45) is 1.04. The van der Waals surface area contributed by atoms with Gasteiger partial charge in [0, 0.05) is 12.0 Å². The van der Waals surface area contributed by atoms with Crippen LogP contribution in [0.25, 0.3) is 0 Å². The maximum absolute atomic E-state index is 11.7. The number of rotatable bonds is 5. The number of hydrogen-bond donors (Lipinski definition) is 2. The van der Waals surface area contributed by atoms with E-state index in [9.17, 15) is 4.79 Å². The summed E-state index contributed by atoms with van der Waals surface area (Å²) in [5.41, 5.74) is 1.04. The number of hydrogen-bond acceptors (Lipinski definition) is 3. The highest BCUT2D eigenvalue weighted by molar-refractivity contribution is 7.80. The highest BCUT2D eigenvalue weighted by Gasteiger charge is 2.12. The fourth-order valence-electron chi connectivity index (χ4n) is 1.62. The van der Waals surface area contributed by atoms with Crippen molar-refractivity contribution in [2.24, 2.45) is 0 Å². The molecule has 1 amide bonds. The molecule has 0 saturated heterocycles. The van der Waals surface area contributed by atoms with Crippen LogP contribution >= 0.6 is 12.2 Å². The van der Waals surface area contributed by atoms with Crippen LogP contribution in [0.4, 0.5) is 0 Å². The van der Waals surface area contributed by atoms with Gasteiger partial charge in [-0.2, -0.15) is 0 Å². The fourth-order valence-corrected chi connectivity index (χ4v) is 2.04. The molecule has 0 fully saturated rings. The molecule has 4 nitrogen and oxygen atoms in total. The van der Waals surface area contributed by atoms with Crippen LogP contribution in [0.2, 0.25) is 0 Å². The van der Waals surface area contributed by atoms with E-state index in [1.165, 1.54) is 5.56 Å². The van der Waals surface area contributed by atoms with Crippen LogP contribution < -0.4 is 15.4 Å². The van der Waals surface area contributed by atoms with Crippen molar-refractivity contribution in [3.05, 3.63) is 29.8 Å². The summed E-state index contributed by atoms with van der Waals surface area (Å²) in [7, 11) is 0. The fraction of sp³-hybridized carbons (Fsp3) is 0.500. The maximum Gasteiger partial charge on any atom is 0.226 e. The van der Waals surface area contributed by atoms with E-state index < -0.39 is 0 Å². The Bertz CT molecular complexity index is 478. The van der Waals surface area contributed by atoms with E-state index in [0.717, 1.165) is 5.75 Å². The molecule has 0 unspecified atom stereocenters. The molecule has 0 bridgehead atoms. The zero-order valence-electron chi connectivity index (χ0n) is 13.2. The van der Waals surface area contributed by atoms with Crippen LogP contribution in [-0.4, -0.2) is 23.2 Å². The molecular formula is C16H24N2O2S. The van der Waals surface area contributed by atoms with Gasteiger partial charge in [0.25, 0.3) is 0 Å². The smallest absolute Gasteiger partial charge is 0.226 e. The second-order valence-corrected chi connectivity index (χ2v) is 6.43. The number of benzene rings is 1. The van der Waals surface area contributed by atoms with Crippen LogP contribution in [-0.2, 0) is 4.79 Å². The van der Waals surface area contributed by atoms with Gasteiger partial charge >= 0.3 is 0 Å². The molecule has 1 aromatic rings. The Morgan fingerprint density at radius 1 is 1.24 bits per heavy atom. The third kappa shape index (κ3) is 8.30. The minimum atomic E-state index is -0.154. The number of nitrogens with one attached hydrogen (secondary N) is 2. The second kappa shape index (κ2) is 7.98. The quantitative estimate of drug-likeness (QED) is 0.648. The van der Waals surface area contributed by atoms with Crippen LogP contribution in [0, 0.1) is 6.92 Å². The molecule has 2 N–H and O–H groups in total. The van der Waals surface area contributed by atoms with Crippen LogP contribution in [0.1, 0.15) is 39.2 Å². The summed E-state index contributed by atoms with van der Waals surface area (Å²) >= 11 is 5.07. The number of carbonyl (C=O) groups excluding carboxylic acids is 1. The molecule has 5 heteroatoms. The first-order chi connectivity index (χ1) is 9.76. The van der Waals surface area contributed by atoms with E-state index in [1.54, 1.807) is 0 Å². The Balaban J connectivity index is 2.19. The summed E-state index contributed by atoms with van der Waals surface area (Å²) in [6.45, 7) is 8.50. The zero-order chi connectivity index (χ0) is 15.9. The SMILES string of the molecule is Cc1ccc(OCCCC(=O)NC(=S)NC(C)(C)C)cc1. The lowest BCUT2D eigenvalue weighted by atomic mass is 10.1. The molecule has 0 heterocycles. The molecule has 0 spiro atoms. The highest BCUT2D eigenvalue weighted by Crippen LogP contribution is 2.11. The maximum atomic E-state index is 11.7. The Hall–Kier alpha value is -1.62. The molecular weight excluding hydrogens is 284 g/mol. The minimum absolute atomic E-state index is 0.0933. The number of ether oxygens (including phenoxy) is 1. The molecule has 1 rings (SSSR count). The molecule has 0 aliphatic heterocycles. The van der Waals surface area contributed by atoms with E-state index in [4.69, 9.17) is 17.0 Å². The van der Waals surface area contributed by atoms with Gasteiger partial charge in [-0.15, -0.1) is 0 Å². The van der Waals surface area contributed by atoms with Gasteiger partial charge in [-0.25, -0.2) is 0 Å². The molecule has 1 aromatic carbocycles. The summed E-state index contributed by atoms with van der Waals surface area (Å²) in [4.78, 5) is 11.7. The van der Waals surface area contributed by atoms with Crippen molar-refractivity contribution >= 4 is 23.2 Å². The molecule has 0 aromatic heterocycles. The molecule has 0 atom stereocenters. The molecule has 0 aliphatic carbocycles. The third-order valence-corrected chi connectivity index (χ3v) is 2.78. The van der Waals surface area contributed by atoms with E-state index in [1.807, 2.05) is 52.0 Å². The monoisotopic (exact) mass is 308 g/mol. The van der Waals surface area contributed by atoms with Crippen molar-refractivity contribution < 1.29 is 9.53 Å². The van der Waals surface area contributed by atoms with Gasteiger partial charge in [-0.1, -0.05) is 17.7 Å². The molecule has 21 heavy (non-hydrogen) atoms. The first-order valence-electron chi connectivity index (χ1n) is 7.08. The Kier molecular flexibility index (Phi) is 6.62. The average Bonchev–Trinajstić information content (AvgIpc) is 2.34. The Morgan fingerprint density at radius 3 is 2.43 bits per heavy atom. The summed E-state index contributed by atoms with van der Waals surface area (Å²) < 4.78 is 5.57. The van der Waals surface area contributed by atoms with Crippen molar-refractivity contribution in [2.75, 3.05) is 6.61 Å². The molecule has 0 radical (unpaired) electrons. The van der Waals surface area contributed by atoms with Crippen molar-refractivity contribution in [1.29, 1.82) is 0 Å². The number of amides is 1. The van der Waals surface area contributed by atoms with E-state index in [0.29, 0.717) is 24.6 Å². The van der Waals surface area contributed by atoms with Crippen molar-refractivity contribution in [3.63, 3.8) is 0 Å². The van der Waals surface area contributed by atoms with E-state index >= 15 is 0 Å². The highest BCUT2D eigenvalue weighted by atomic mass is 32.1. The first-order valence-corrected chi connectivity index (χ1v) is 7.48. The average molecular weight is 308 g/mol. The lowest BCUT2D eigenvalue weighted by Crippen LogP contribution is -2.48. The van der Waals surface area contributed by atoms with Crippen LogP contribution in [0.15, 0.2) is 24.3 Å². The lowest BCUT2D eigenvalue weighted by Gasteiger charge is -2.22. The standard InChI is InChI=1S/C16H24N2O2S/c1-12-7-9-13(10-8-12)20-11-5-6-14(19)17-15(21)18-16(2,3)4/h7-10H,5-6,11H2,1-4H3,(H2,17,18,19,21). The lowest BCUT2D eigenvalue weighted by molar-refractivity contribution is -0.119. The predicted octanol–water partition coefficient (Wildman–Crippen LogP) is 2.94. The van der Waals surface area contributed by atoms with Gasteiger partial charge in [-0.3, -0.25) is 4.79 Å². The van der Waals surface area contributed by atoms with Gasteiger partial charge in [0.15, 0.2) is 5.11 Å². The van der Waals surface area contributed by atoms with E-state index in [-0.39, 0.29) is 11.4 Å². The summed E-state index contributed by atoms with van der Waals surface area (Å²) in [5.74, 6) is 0.732. The Morgan fingerprint density at radius 2 is 1.86 bits per heavy atom. The van der Waals surface area contributed by atoms with Gasteiger partial charge in [0.05, 0.1) is 6.61 Å². The zero-order valence-corrected chi connectivity index (χ0v) is 14.0. The summed E-state index contributed by atoms with van der Waals surface area (Å²) in [6, 6.07) is 7.85. The van der Waals surface area contributed by atoms with Crippen LogP contribution in [0.3, 0.4) is 0 Å². The normalized spacial score (nSPS) is 10.9. The van der Waals surface area contributed by atoms with Gasteiger partial charge in [0.1, 0.15) is 5.75 Å². The predicted molar refractivity (Wildman–Crippen MR) is 89.5 cm³/mol. The second-order valence-electron chi connectivity index (χ2n) is 6.02. The summed E-state index contributed by atoms with van der Waals surface area (Å²) in [5, 5.41) is 6.08. The molecule has 0 saturated carbocycles. The van der Waals surface area contributed by atoms with Crippen molar-refractivity contribution in [2.45, 2.75) is 46.1 Å².